The monoisotopic (exact) mass is 710 g/mol. The van der Waals surface area contributed by atoms with Crippen molar-refractivity contribution in [2.24, 2.45) is 11.8 Å². The van der Waals surface area contributed by atoms with Crippen molar-refractivity contribution in [1.82, 2.24) is 4.57 Å². The summed E-state index contributed by atoms with van der Waals surface area (Å²) in [5.41, 5.74) is 14.5. The summed E-state index contributed by atoms with van der Waals surface area (Å²) in [4.78, 5) is 2.45. The van der Waals surface area contributed by atoms with Crippen molar-refractivity contribution in [3.05, 3.63) is 199 Å². The number of hydrogen-bond donors (Lipinski definition) is 0. The number of nitrogens with zero attached hydrogens (tertiary/aromatic N) is 2. The molecule has 1 aromatic heterocycles. The fourth-order valence-electron chi connectivity index (χ4n) is 9.94. The average molecular weight is 711 g/mol. The molecule has 7 aromatic rings. The van der Waals surface area contributed by atoms with Gasteiger partial charge in [0.05, 0.1) is 11.0 Å². The van der Waals surface area contributed by atoms with E-state index < -0.39 is 0 Å². The van der Waals surface area contributed by atoms with Gasteiger partial charge in [-0.2, -0.15) is 0 Å². The summed E-state index contributed by atoms with van der Waals surface area (Å²) in [7, 11) is 0. The summed E-state index contributed by atoms with van der Waals surface area (Å²) < 4.78 is 9.00. The Balaban J connectivity index is 1.02. The number of benzene rings is 6. The number of aromatic nitrogens is 1. The van der Waals surface area contributed by atoms with Gasteiger partial charge in [-0.15, -0.1) is 0 Å². The Morgan fingerprint density at radius 3 is 2.25 bits per heavy atom. The molecule has 0 N–H and O–H groups in total. The maximum absolute atomic E-state index is 6.63. The van der Waals surface area contributed by atoms with Crippen LogP contribution in [0.5, 0.6) is 0 Å². The maximum Gasteiger partial charge on any atom is 0.131 e. The van der Waals surface area contributed by atoms with Crippen molar-refractivity contribution in [2.75, 3.05) is 4.90 Å². The van der Waals surface area contributed by atoms with E-state index in [0.29, 0.717) is 5.92 Å². The summed E-state index contributed by atoms with van der Waals surface area (Å²) in [6.07, 6.45) is 14.6. The Morgan fingerprint density at radius 2 is 1.38 bits per heavy atom. The predicted molar refractivity (Wildman–Crippen MR) is 228 cm³/mol. The van der Waals surface area contributed by atoms with Gasteiger partial charge < -0.3 is 14.2 Å². The minimum Gasteiger partial charge on any atom is -0.487 e. The highest BCUT2D eigenvalue weighted by Gasteiger charge is 2.49. The van der Waals surface area contributed by atoms with Gasteiger partial charge in [0, 0.05) is 50.8 Å². The smallest absolute Gasteiger partial charge is 0.131 e. The van der Waals surface area contributed by atoms with Gasteiger partial charge in [-0.25, -0.2) is 0 Å². The van der Waals surface area contributed by atoms with Gasteiger partial charge in [0.15, 0.2) is 0 Å². The summed E-state index contributed by atoms with van der Waals surface area (Å²) in [6.45, 7) is 6.96. The van der Waals surface area contributed by atoms with E-state index >= 15 is 0 Å². The quantitative estimate of drug-likeness (QED) is 0.177. The van der Waals surface area contributed by atoms with Gasteiger partial charge in [0.25, 0.3) is 0 Å². The van der Waals surface area contributed by atoms with Crippen LogP contribution in [0.1, 0.15) is 38.3 Å². The topological polar surface area (TPSA) is 17.4 Å². The highest BCUT2D eigenvalue weighted by molar-refractivity contribution is 6.10. The van der Waals surface area contributed by atoms with Crippen LogP contribution in [0.15, 0.2) is 187 Å². The number of anilines is 2. The number of fused-ring (bicyclic) bond motifs is 9. The molecule has 0 bridgehead atoms. The third-order valence-electron chi connectivity index (χ3n) is 12.7. The van der Waals surface area contributed by atoms with Gasteiger partial charge >= 0.3 is 0 Å². The molecule has 55 heavy (non-hydrogen) atoms. The lowest BCUT2D eigenvalue weighted by atomic mass is 9.76. The van der Waals surface area contributed by atoms with Crippen molar-refractivity contribution < 1.29 is 4.74 Å². The van der Waals surface area contributed by atoms with E-state index in [-0.39, 0.29) is 16.9 Å². The molecule has 3 heteroatoms. The Bertz CT molecular complexity index is 2810. The first-order valence-electron chi connectivity index (χ1n) is 19.6. The second-order valence-electron chi connectivity index (χ2n) is 16.3. The Kier molecular flexibility index (Phi) is 6.92. The van der Waals surface area contributed by atoms with Crippen LogP contribution in [0.2, 0.25) is 0 Å². The first kappa shape index (κ1) is 32.1. The van der Waals surface area contributed by atoms with Gasteiger partial charge in [-0.05, 0) is 120 Å². The molecule has 4 aliphatic rings. The van der Waals surface area contributed by atoms with Crippen LogP contribution >= 0.6 is 0 Å². The van der Waals surface area contributed by atoms with Crippen LogP contribution in [0.3, 0.4) is 0 Å². The lowest BCUT2D eigenvalue weighted by Gasteiger charge is -2.35. The minimum absolute atomic E-state index is 0.0947. The van der Waals surface area contributed by atoms with Crippen molar-refractivity contribution in [3.8, 4) is 27.9 Å². The highest BCUT2D eigenvalue weighted by Crippen LogP contribution is 2.53. The predicted octanol–water partition coefficient (Wildman–Crippen LogP) is 13.2. The molecular formula is C52H42N2O. The number of rotatable bonds is 5. The summed E-state index contributed by atoms with van der Waals surface area (Å²) >= 11 is 0. The fourth-order valence-corrected chi connectivity index (χ4v) is 9.94. The van der Waals surface area contributed by atoms with Gasteiger partial charge in [0.2, 0.25) is 0 Å². The van der Waals surface area contributed by atoms with E-state index in [1.807, 2.05) is 0 Å². The average Bonchev–Trinajstić information content (AvgIpc) is 3.80. The molecule has 3 nitrogen and oxygen atoms in total. The zero-order valence-electron chi connectivity index (χ0n) is 31.4. The third kappa shape index (κ3) is 4.82. The zero-order chi connectivity index (χ0) is 36.9. The SMILES string of the molecule is CC1(C)c2ccccc2-c2ccc(N(C3=CC4C5CC=CC=C5OC4(C)C=C3)c3ccc(-c4ccc5c(c4)c4ccccc4n5-c4ccccc4)cc3)cc21. The Hall–Kier alpha value is -6.32. The van der Waals surface area contributed by atoms with E-state index in [1.54, 1.807) is 0 Å². The first-order valence-corrected chi connectivity index (χ1v) is 19.6. The fraction of sp³-hybridized carbons (Fsp3) is 0.154. The molecule has 0 spiro atoms. The molecule has 266 valence electrons. The summed E-state index contributed by atoms with van der Waals surface area (Å²) in [5.74, 6) is 1.69. The van der Waals surface area contributed by atoms with Crippen molar-refractivity contribution in [2.45, 2.75) is 38.2 Å². The molecule has 0 saturated carbocycles. The molecule has 3 unspecified atom stereocenters. The molecule has 2 heterocycles. The number of para-hydroxylation sites is 2. The second-order valence-corrected chi connectivity index (χ2v) is 16.3. The number of allylic oxidation sites excluding steroid dienone is 5. The second kappa shape index (κ2) is 11.8. The molecule has 3 aliphatic carbocycles. The largest absolute Gasteiger partial charge is 0.487 e. The molecule has 6 aromatic carbocycles. The summed E-state index contributed by atoms with van der Waals surface area (Å²) in [5, 5.41) is 2.52. The Labute approximate surface area is 322 Å². The number of hydrogen-bond acceptors (Lipinski definition) is 2. The first-order chi connectivity index (χ1) is 26.9. The lowest BCUT2D eigenvalue weighted by molar-refractivity contribution is 0.0827. The van der Waals surface area contributed by atoms with Gasteiger partial charge in [-0.3, -0.25) is 0 Å². The standard InChI is InChI=1S/C52H42N2O/c1-51(2)45-18-10-7-15-40(45)41-27-26-38(32-46(41)51)53(39-29-30-52(3)47(33-39)43-17-9-12-20-50(43)55-52)37-24-21-34(22-25-37)35-23-28-49-44(31-35)42-16-8-11-19-48(42)54(49)36-13-5-4-6-14-36/h4-16,18-33,43,47H,17H2,1-3H3. The molecule has 11 rings (SSSR count). The van der Waals surface area contributed by atoms with Crippen LogP contribution in [0, 0.1) is 11.8 Å². The van der Waals surface area contributed by atoms with Crippen molar-refractivity contribution in [1.29, 1.82) is 0 Å². The van der Waals surface area contributed by atoms with E-state index in [1.165, 1.54) is 72.3 Å². The molecule has 1 saturated heterocycles. The number of ether oxygens (including phenoxy) is 1. The minimum atomic E-state index is -0.356. The van der Waals surface area contributed by atoms with Crippen LogP contribution in [-0.2, 0) is 10.2 Å². The molecular weight excluding hydrogens is 669 g/mol. The van der Waals surface area contributed by atoms with E-state index in [2.05, 4.69) is 206 Å². The van der Waals surface area contributed by atoms with Gasteiger partial charge in [-0.1, -0.05) is 117 Å². The molecule has 3 atom stereocenters. The zero-order valence-corrected chi connectivity index (χ0v) is 31.4. The van der Waals surface area contributed by atoms with Crippen LogP contribution < -0.4 is 4.90 Å². The van der Waals surface area contributed by atoms with E-state index in [9.17, 15) is 0 Å². The summed E-state index contributed by atoms with van der Waals surface area (Å²) in [6, 6.07) is 51.4. The van der Waals surface area contributed by atoms with Crippen molar-refractivity contribution in [3.63, 3.8) is 0 Å². The maximum atomic E-state index is 6.63. The van der Waals surface area contributed by atoms with E-state index in [4.69, 9.17) is 4.74 Å². The van der Waals surface area contributed by atoms with E-state index in [0.717, 1.165) is 17.9 Å². The third-order valence-corrected chi connectivity index (χ3v) is 12.7. The van der Waals surface area contributed by atoms with Gasteiger partial charge in [0.1, 0.15) is 11.4 Å². The molecule has 1 fully saturated rings. The van der Waals surface area contributed by atoms with Crippen LogP contribution in [0.25, 0.3) is 49.7 Å². The van der Waals surface area contributed by atoms with Crippen LogP contribution in [-0.4, -0.2) is 10.2 Å². The van der Waals surface area contributed by atoms with Crippen LogP contribution in [0.4, 0.5) is 11.4 Å². The van der Waals surface area contributed by atoms with Crippen molar-refractivity contribution >= 4 is 33.2 Å². The normalized spacial score (nSPS) is 21.4. The molecule has 0 amide bonds. The Morgan fingerprint density at radius 1 is 0.655 bits per heavy atom. The molecule has 0 radical (unpaired) electrons. The lowest BCUT2D eigenvalue weighted by Crippen LogP contribution is -2.34. The highest BCUT2D eigenvalue weighted by atomic mass is 16.5. The molecule has 1 aliphatic heterocycles.